The van der Waals surface area contributed by atoms with Gasteiger partial charge in [0.1, 0.15) is 22.8 Å². The highest BCUT2D eigenvalue weighted by Crippen LogP contribution is 2.42. The monoisotopic (exact) mass is 625 g/mol. The van der Waals surface area contributed by atoms with E-state index in [2.05, 4.69) is 10.3 Å². The third kappa shape index (κ3) is 7.41. The van der Waals surface area contributed by atoms with E-state index in [1.54, 1.807) is 20.5 Å². The average Bonchev–Trinajstić information content (AvgIpc) is 3.56. The first-order chi connectivity index (χ1) is 21.8. The van der Waals surface area contributed by atoms with Gasteiger partial charge in [0.25, 0.3) is 0 Å². The Bertz CT molecular complexity index is 1700. The molecule has 11 heteroatoms. The number of hydrogen-bond acceptors (Lipinski definition) is 8. The molecule has 1 aromatic carbocycles. The highest BCUT2D eigenvalue weighted by atomic mass is 16.6. The summed E-state index contributed by atoms with van der Waals surface area (Å²) in [5.41, 5.74) is 3.30. The van der Waals surface area contributed by atoms with Crippen LogP contribution in [-0.2, 0) is 16.0 Å². The number of carbonyl (C=O) groups excluding carboxylic acids is 2. The van der Waals surface area contributed by atoms with E-state index in [1.165, 1.54) is 0 Å². The smallest absolute Gasteiger partial charge is 0.416 e. The number of ether oxygens (including phenoxy) is 2. The molecule has 6 rings (SSSR count). The Kier molecular flexibility index (Phi) is 8.35. The maximum atomic E-state index is 13.9. The molecule has 2 amide bonds. The van der Waals surface area contributed by atoms with Gasteiger partial charge in [-0.25, -0.2) is 14.6 Å². The zero-order chi connectivity index (χ0) is 32.6. The summed E-state index contributed by atoms with van der Waals surface area (Å²) in [4.78, 5) is 39.4. The van der Waals surface area contributed by atoms with E-state index in [0.717, 1.165) is 41.6 Å². The molecule has 0 radical (unpaired) electrons. The number of aromatic nitrogens is 4. The van der Waals surface area contributed by atoms with E-state index in [1.807, 2.05) is 96.3 Å². The number of nitrogens with one attached hydrogen (secondary N) is 1. The van der Waals surface area contributed by atoms with Gasteiger partial charge in [0.15, 0.2) is 5.65 Å². The maximum Gasteiger partial charge on any atom is 0.416 e. The van der Waals surface area contributed by atoms with Gasteiger partial charge in [-0.15, -0.1) is 0 Å². The van der Waals surface area contributed by atoms with Crippen LogP contribution in [0.25, 0.3) is 16.9 Å². The number of carbonyl (C=O) groups is 2. The Labute approximate surface area is 269 Å². The fraction of sp³-hybridized carbons (Fsp3) is 0.457. The molecule has 3 aromatic heterocycles. The number of fused-ring (bicyclic) bond motifs is 1. The second-order valence-electron chi connectivity index (χ2n) is 14.1. The third-order valence-electron chi connectivity index (χ3n) is 7.84. The standard InChI is InChI=1S/C35H43N7O4/c1-34(2,3)45-32(43)40-18-16-26(22-40)38-29-19-30(42-31(39-29)27(20-37-42)24-14-15-24)41(33(44)46-35(4,5)6)21-23-10-12-25(13-11-23)28-9-7-8-17-36-28/h7-13,17,19-20,24,26H,14-16,18,21-22H2,1-6H3,(H,38,39)/t26-/m0/s1. The van der Waals surface area contributed by atoms with Crippen LogP contribution in [-0.4, -0.2) is 67.0 Å². The van der Waals surface area contributed by atoms with Crippen molar-refractivity contribution in [2.45, 2.75) is 90.5 Å². The molecule has 0 bridgehead atoms. The third-order valence-corrected chi connectivity index (χ3v) is 7.84. The Hall–Kier alpha value is -4.67. The molecule has 11 nitrogen and oxygen atoms in total. The van der Waals surface area contributed by atoms with Gasteiger partial charge >= 0.3 is 12.2 Å². The molecular formula is C35H43N7O4. The topological polar surface area (TPSA) is 114 Å². The molecule has 1 aliphatic carbocycles. The van der Waals surface area contributed by atoms with E-state index in [-0.39, 0.29) is 18.7 Å². The first kappa shape index (κ1) is 31.3. The van der Waals surface area contributed by atoms with Gasteiger partial charge in [0, 0.05) is 42.5 Å². The lowest BCUT2D eigenvalue weighted by molar-refractivity contribution is 0.0293. The summed E-state index contributed by atoms with van der Waals surface area (Å²) in [5, 5.41) is 8.26. The summed E-state index contributed by atoms with van der Waals surface area (Å²) < 4.78 is 13.3. The summed E-state index contributed by atoms with van der Waals surface area (Å²) >= 11 is 0. The highest BCUT2D eigenvalue weighted by molar-refractivity contribution is 5.88. The molecule has 1 saturated heterocycles. The molecule has 242 valence electrons. The molecule has 1 aliphatic heterocycles. The van der Waals surface area contributed by atoms with Crippen molar-refractivity contribution in [2.75, 3.05) is 23.3 Å². The van der Waals surface area contributed by atoms with E-state index < -0.39 is 17.3 Å². The van der Waals surface area contributed by atoms with Crippen LogP contribution >= 0.6 is 0 Å². The lowest BCUT2D eigenvalue weighted by Gasteiger charge is -2.28. The van der Waals surface area contributed by atoms with Gasteiger partial charge < -0.3 is 19.7 Å². The zero-order valence-electron chi connectivity index (χ0n) is 27.5. The highest BCUT2D eigenvalue weighted by Gasteiger charge is 2.33. The van der Waals surface area contributed by atoms with Crippen LogP contribution in [0.15, 0.2) is 60.9 Å². The van der Waals surface area contributed by atoms with Crippen LogP contribution in [0.1, 0.15) is 77.8 Å². The van der Waals surface area contributed by atoms with Gasteiger partial charge in [-0.05, 0) is 84.4 Å². The lowest BCUT2D eigenvalue weighted by atomic mass is 10.1. The van der Waals surface area contributed by atoms with Crippen molar-refractivity contribution >= 4 is 29.5 Å². The van der Waals surface area contributed by atoms with Crippen LogP contribution in [0, 0.1) is 0 Å². The van der Waals surface area contributed by atoms with Gasteiger partial charge in [-0.2, -0.15) is 9.61 Å². The summed E-state index contributed by atoms with van der Waals surface area (Å²) in [6.07, 6.45) is 5.74. The van der Waals surface area contributed by atoms with Crippen molar-refractivity contribution in [1.29, 1.82) is 0 Å². The van der Waals surface area contributed by atoms with E-state index in [4.69, 9.17) is 19.6 Å². The predicted octanol–water partition coefficient (Wildman–Crippen LogP) is 7.03. The molecule has 1 N–H and O–H groups in total. The number of hydrogen-bond donors (Lipinski definition) is 1. The molecule has 4 heterocycles. The normalized spacial score (nSPS) is 16.8. The number of amides is 2. The molecule has 46 heavy (non-hydrogen) atoms. The van der Waals surface area contributed by atoms with E-state index in [0.29, 0.717) is 36.3 Å². The van der Waals surface area contributed by atoms with E-state index >= 15 is 0 Å². The Morgan fingerprint density at radius 2 is 1.72 bits per heavy atom. The zero-order valence-corrected chi connectivity index (χ0v) is 27.5. The van der Waals surface area contributed by atoms with Crippen molar-refractivity contribution in [3.63, 3.8) is 0 Å². The second kappa shape index (κ2) is 12.3. The minimum Gasteiger partial charge on any atom is -0.444 e. The fourth-order valence-electron chi connectivity index (χ4n) is 5.55. The first-order valence-corrected chi connectivity index (χ1v) is 16.0. The van der Waals surface area contributed by atoms with Crippen molar-refractivity contribution in [2.24, 2.45) is 0 Å². The van der Waals surface area contributed by atoms with Gasteiger partial charge in [0.05, 0.1) is 18.4 Å². The molecule has 0 spiro atoms. The minimum atomic E-state index is -0.705. The molecule has 0 unspecified atom stereocenters. The van der Waals surface area contributed by atoms with Crippen LogP contribution in [0.2, 0.25) is 0 Å². The summed E-state index contributed by atoms with van der Waals surface area (Å²) in [6, 6.07) is 15.7. The summed E-state index contributed by atoms with van der Waals surface area (Å²) in [7, 11) is 0. The lowest BCUT2D eigenvalue weighted by Crippen LogP contribution is -2.38. The average molecular weight is 626 g/mol. The van der Waals surface area contributed by atoms with Gasteiger partial charge in [-0.1, -0.05) is 30.3 Å². The van der Waals surface area contributed by atoms with Crippen molar-refractivity contribution in [3.8, 4) is 11.3 Å². The molecular weight excluding hydrogens is 582 g/mol. The molecule has 1 saturated carbocycles. The Morgan fingerprint density at radius 1 is 0.978 bits per heavy atom. The first-order valence-electron chi connectivity index (χ1n) is 16.0. The maximum absolute atomic E-state index is 13.9. The number of likely N-dealkylation sites (tertiary alicyclic amines) is 1. The molecule has 2 fully saturated rings. The number of anilines is 2. The molecule has 1 atom stereocenters. The summed E-state index contributed by atoms with van der Waals surface area (Å²) in [6.45, 7) is 12.5. The second-order valence-corrected chi connectivity index (χ2v) is 14.1. The number of pyridine rings is 1. The summed E-state index contributed by atoms with van der Waals surface area (Å²) in [5.74, 6) is 1.56. The van der Waals surface area contributed by atoms with Crippen LogP contribution < -0.4 is 10.2 Å². The Morgan fingerprint density at radius 3 is 2.37 bits per heavy atom. The Balaban J connectivity index is 1.33. The van der Waals surface area contributed by atoms with Gasteiger partial charge in [-0.3, -0.25) is 9.88 Å². The molecule has 2 aliphatic rings. The van der Waals surface area contributed by atoms with Crippen molar-refractivity contribution in [3.05, 3.63) is 72.1 Å². The SMILES string of the molecule is CC(C)(C)OC(=O)N1CC[C@H](Nc2cc(N(Cc3ccc(-c4ccccn4)cc3)C(=O)OC(C)(C)C)n3ncc(C4CC4)c3n2)C1. The van der Waals surface area contributed by atoms with E-state index in [9.17, 15) is 9.59 Å². The predicted molar refractivity (Wildman–Crippen MR) is 177 cm³/mol. The number of nitrogens with zero attached hydrogens (tertiary/aromatic N) is 6. The van der Waals surface area contributed by atoms with Crippen molar-refractivity contribution < 1.29 is 19.1 Å². The molecule has 4 aromatic rings. The number of benzene rings is 1. The fourth-order valence-corrected chi connectivity index (χ4v) is 5.55. The quantitative estimate of drug-likeness (QED) is 0.233. The number of rotatable bonds is 7. The van der Waals surface area contributed by atoms with Crippen LogP contribution in [0.3, 0.4) is 0 Å². The minimum absolute atomic E-state index is 0.0308. The largest absolute Gasteiger partial charge is 0.444 e. The van der Waals surface area contributed by atoms with Crippen LogP contribution in [0.4, 0.5) is 21.2 Å². The van der Waals surface area contributed by atoms with Crippen LogP contribution in [0.5, 0.6) is 0 Å². The van der Waals surface area contributed by atoms with Crippen molar-refractivity contribution in [1.82, 2.24) is 24.5 Å². The van der Waals surface area contributed by atoms with Gasteiger partial charge in [0.2, 0.25) is 0 Å².